The molecule has 1 N–H and O–H groups in total. The van der Waals surface area contributed by atoms with Crippen LogP contribution in [0.15, 0.2) is 53.5 Å². The van der Waals surface area contributed by atoms with Crippen LogP contribution in [0.25, 0.3) is 28.6 Å². The largest absolute Gasteiger partial charge is 0.491 e. The van der Waals surface area contributed by atoms with Crippen molar-refractivity contribution in [2.75, 3.05) is 6.61 Å². The Balaban J connectivity index is 1.41. The summed E-state index contributed by atoms with van der Waals surface area (Å²) in [6.07, 6.45) is -8.34. The summed E-state index contributed by atoms with van der Waals surface area (Å²) in [4.78, 5) is 8.07. The second kappa shape index (κ2) is 9.10. The first-order valence-electron chi connectivity index (χ1n) is 10.9. The molecule has 7 nitrogen and oxygen atoms in total. The lowest BCUT2D eigenvalue weighted by atomic mass is 10.1. The number of benzene rings is 1. The van der Waals surface area contributed by atoms with Gasteiger partial charge in [0.2, 0.25) is 5.82 Å². The highest BCUT2D eigenvalue weighted by Gasteiger charge is 2.44. The Kier molecular flexibility index (Phi) is 6.24. The Morgan fingerprint density at radius 1 is 1.10 bits per heavy atom. The fourth-order valence-corrected chi connectivity index (χ4v) is 4.16. The van der Waals surface area contributed by atoms with Gasteiger partial charge in [0.1, 0.15) is 18.1 Å². The third-order valence-corrected chi connectivity index (χ3v) is 6.06. The number of pyridine rings is 1. The van der Waals surface area contributed by atoms with E-state index in [2.05, 4.69) is 27.0 Å². The number of rotatable bonds is 5. The quantitative estimate of drug-likeness (QED) is 0.267. The van der Waals surface area contributed by atoms with Gasteiger partial charge in [-0.05, 0) is 24.3 Å². The van der Waals surface area contributed by atoms with Crippen LogP contribution >= 0.6 is 11.6 Å². The number of ether oxygens (including phenoxy) is 1. The van der Waals surface area contributed by atoms with Gasteiger partial charge in [-0.2, -0.15) is 40.1 Å². The Bertz CT molecular complexity index is 1580. The smallest absolute Gasteiger partial charge is 0.419 e. The molecule has 4 heterocycles. The molecule has 1 aliphatic rings. The van der Waals surface area contributed by atoms with Crippen LogP contribution in [0.4, 0.5) is 35.1 Å². The van der Waals surface area contributed by atoms with Crippen molar-refractivity contribution in [3.63, 3.8) is 0 Å². The van der Waals surface area contributed by atoms with Crippen LogP contribution in [0.1, 0.15) is 17.5 Å². The summed E-state index contributed by atoms with van der Waals surface area (Å²) in [5.41, 5.74) is -3.03. The third-order valence-electron chi connectivity index (χ3n) is 5.78. The Hall–Kier alpha value is -3.88. The van der Waals surface area contributed by atoms with Crippen molar-refractivity contribution in [3.05, 3.63) is 65.1 Å². The second-order valence-corrected chi connectivity index (χ2v) is 9.01. The van der Waals surface area contributed by atoms with E-state index in [1.807, 2.05) is 0 Å². The van der Waals surface area contributed by atoms with Gasteiger partial charge < -0.3 is 19.0 Å². The minimum atomic E-state index is -4.89. The predicted molar refractivity (Wildman–Crippen MR) is 120 cm³/mol. The van der Waals surface area contributed by atoms with Crippen molar-refractivity contribution in [3.8, 4) is 28.7 Å². The lowest BCUT2D eigenvalue weighted by Gasteiger charge is -2.17. The molecule has 4 aromatic rings. The van der Waals surface area contributed by atoms with Crippen molar-refractivity contribution < 1.29 is 44.4 Å². The number of allylic oxidation sites excluding steroid dienone is 1. The minimum Gasteiger partial charge on any atom is -0.491 e. The molecule has 1 aliphatic heterocycles. The van der Waals surface area contributed by atoms with Crippen molar-refractivity contribution in [1.82, 2.24) is 24.8 Å². The first-order chi connectivity index (χ1) is 18.1. The average Bonchev–Trinajstić information content (AvgIpc) is 3.54. The highest BCUT2D eigenvalue weighted by Crippen LogP contribution is 2.40. The molecule has 5 rings (SSSR count). The fourth-order valence-electron chi connectivity index (χ4n) is 3.90. The number of nitrogens with one attached hydrogen (secondary N) is 1. The second-order valence-electron chi connectivity index (χ2n) is 8.60. The molecule has 1 atom stereocenters. The summed E-state index contributed by atoms with van der Waals surface area (Å²) in [7, 11) is 0. The van der Waals surface area contributed by atoms with Crippen molar-refractivity contribution >= 4 is 17.2 Å². The van der Waals surface area contributed by atoms with Gasteiger partial charge in [0.25, 0.3) is 11.8 Å². The van der Waals surface area contributed by atoms with Crippen molar-refractivity contribution in [2.24, 2.45) is 0 Å². The van der Waals surface area contributed by atoms with E-state index >= 15 is 0 Å². The van der Waals surface area contributed by atoms with Crippen LogP contribution in [0.2, 0.25) is 5.02 Å². The number of hydrogen-bond donors (Lipinski definition) is 1. The molecule has 1 fully saturated rings. The van der Waals surface area contributed by atoms with Gasteiger partial charge >= 0.3 is 12.4 Å². The van der Waals surface area contributed by atoms with Crippen molar-refractivity contribution in [1.29, 1.82) is 0 Å². The molecular weight excluding hydrogens is 566 g/mol. The standard InChI is InChI=1S/C23H14ClF8N5O2/c1-10-21(25,26)6-13(33-10)9-38-17-3-2-11(4-14(17)23(30,31)32)18-35-20(39-36-18)16-8-37-7-12(22(27,28)29)5-15(24)19(37)34-16/h2-5,7-8,13,33H,1,6,9H2/t13-/m0/s1. The SMILES string of the molecule is C=C1N[C@H](COc2ccc(-c3noc(-c4cn5cc(C(F)(F)F)cc(Cl)c5n4)n3)cc2C(F)(F)F)CC1(F)F. The van der Waals surface area contributed by atoms with Gasteiger partial charge in [0.05, 0.1) is 27.9 Å². The van der Waals surface area contributed by atoms with E-state index in [0.29, 0.717) is 12.1 Å². The highest BCUT2D eigenvalue weighted by atomic mass is 35.5. The number of imidazole rings is 1. The van der Waals surface area contributed by atoms with E-state index in [0.717, 1.165) is 22.9 Å². The van der Waals surface area contributed by atoms with E-state index in [1.54, 1.807) is 0 Å². The van der Waals surface area contributed by atoms with E-state index in [1.165, 1.54) is 6.07 Å². The van der Waals surface area contributed by atoms with Gasteiger partial charge in [-0.15, -0.1) is 0 Å². The molecule has 0 unspecified atom stereocenters. The van der Waals surface area contributed by atoms with Crippen LogP contribution in [0.5, 0.6) is 5.75 Å². The fraction of sp³-hybridized carbons (Fsp3) is 0.261. The maximum atomic E-state index is 13.8. The third kappa shape index (κ3) is 5.22. The first-order valence-corrected chi connectivity index (χ1v) is 11.3. The van der Waals surface area contributed by atoms with Crippen LogP contribution in [0.3, 0.4) is 0 Å². The molecular formula is C23H14ClF8N5O2. The van der Waals surface area contributed by atoms with Gasteiger partial charge in [0, 0.05) is 24.4 Å². The molecule has 0 radical (unpaired) electrons. The van der Waals surface area contributed by atoms with E-state index in [4.69, 9.17) is 20.9 Å². The number of hydrogen-bond acceptors (Lipinski definition) is 6. The zero-order chi connectivity index (χ0) is 28.3. The van der Waals surface area contributed by atoms with Crippen LogP contribution < -0.4 is 10.1 Å². The summed E-state index contributed by atoms with van der Waals surface area (Å²) in [5, 5.41) is 5.73. The molecule has 0 amide bonds. The summed E-state index contributed by atoms with van der Waals surface area (Å²) in [6.45, 7) is 2.71. The molecule has 39 heavy (non-hydrogen) atoms. The maximum Gasteiger partial charge on any atom is 0.419 e. The summed E-state index contributed by atoms with van der Waals surface area (Å²) < 4.78 is 119. The predicted octanol–water partition coefficient (Wildman–Crippen LogP) is 6.63. The van der Waals surface area contributed by atoms with E-state index < -0.39 is 59.9 Å². The Morgan fingerprint density at radius 3 is 2.49 bits per heavy atom. The summed E-state index contributed by atoms with van der Waals surface area (Å²) in [5.74, 6) is -4.38. The monoisotopic (exact) mass is 579 g/mol. The zero-order valence-electron chi connectivity index (χ0n) is 19.2. The first kappa shape index (κ1) is 26.7. The average molecular weight is 580 g/mol. The molecule has 3 aromatic heterocycles. The topological polar surface area (TPSA) is 77.5 Å². The van der Waals surface area contributed by atoms with Gasteiger partial charge in [0.15, 0.2) is 5.65 Å². The molecule has 0 bridgehead atoms. The van der Waals surface area contributed by atoms with Gasteiger partial charge in [-0.1, -0.05) is 23.3 Å². The lowest BCUT2D eigenvalue weighted by Crippen LogP contribution is -2.27. The minimum absolute atomic E-state index is 0.0432. The summed E-state index contributed by atoms with van der Waals surface area (Å²) >= 11 is 5.92. The molecule has 1 aromatic carbocycles. The Morgan fingerprint density at radius 2 is 1.85 bits per heavy atom. The molecule has 206 valence electrons. The lowest BCUT2D eigenvalue weighted by molar-refractivity contribution is -0.139. The molecule has 16 heteroatoms. The highest BCUT2D eigenvalue weighted by molar-refractivity contribution is 6.33. The van der Waals surface area contributed by atoms with Gasteiger partial charge in [-0.3, -0.25) is 0 Å². The maximum absolute atomic E-state index is 13.8. The van der Waals surface area contributed by atoms with Crippen molar-refractivity contribution in [2.45, 2.75) is 30.7 Å². The molecule has 0 saturated carbocycles. The molecule has 0 aliphatic carbocycles. The number of halogens is 9. The molecule has 1 saturated heterocycles. The zero-order valence-corrected chi connectivity index (χ0v) is 19.9. The number of alkyl halides is 8. The van der Waals surface area contributed by atoms with E-state index in [9.17, 15) is 35.1 Å². The van der Waals surface area contributed by atoms with Crippen LogP contribution in [-0.4, -0.2) is 38.1 Å². The van der Waals surface area contributed by atoms with E-state index in [-0.39, 0.29) is 33.6 Å². The molecule has 0 spiro atoms. The number of nitrogens with zero attached hydrogens (tertiary/aromatic N) is 4. The number of aromatic nitrogens is 4. The Labute approximate surface area is 218 Å². The van der Waals surface area contributed by atoms with Crippen LogP contribution in [0, 0.1) is 0 Å². The van der Waals surface area contributed by atoms with Crippen LogP contribution in [-0.2, 0) is 12.4 Å². The normalized spacial score (nSPS) is 17.6. The van der Waals surface area contributed by atoms with Gasteiger partial charge in [-0.25, -0.2) is 4.98 Å². The number of fused-ring (bicyclic) bond motifs is 1. The summed E-state index contributed by atoms with van der Waals surface area (Å²) in [6, 6.07) is 2.62.